The molecule has 0 fully saturated rings. The standard InChI is InChI=1S/C29H14F10O/c1-2-20(30)27(36)15-5-3-14(4-6-15)17-10-22(32)26(23(33)11-17)16-7-8-19(21(31)9-16)29(38,39)40-18-12-24(34)28(37)25(35)13-18/h2-13H,1H2/b27-20+. The summed E-state index contributed by atoms with van der Waals surface area (Å²) in [6, 6.07) is 8.50. The van der Waals surface area contributed by atoms with Gasteiger partial charge in [0.05, 0.1) is 11.1 Å². The predicted octanol–water partition coefficient (Wildman–Crippen LogP) is 9.78. The average Bonchev–Trinajstić information content (AvgIpc) is 2.90. The van der Waals surface area contributed by atoms with E-state index in [1.165, 1.54) is 24.3 Å². The number of benzene rings is 4. The molecule has 0 aliphatic carbocycles. The summed E-state index contributed by atoms with van der Waals surface area (Å²) in [6.07, 6.45) is -3.85. The van der Waals surface area contributed by atoms with E-state index in [0.29, 0.717) is 18.2 Å². The van der Waals surface area contributed by atoms with E-state index in [9.17, 15) is 43.9 Å². The molecule has 0 aliphatic heterocycles. The second-order valence-corrected chi connectivity index (χ2v) is 8.27. The van der Waals surface area contributed by atoms with E-state index >= 15 is 0 Å². The lowest BCUT2D eigenvalue weighted by Crippen LogP contribution is -2.23. The molecule has 0 N–H and O–H groups in total. The van der Waals surface area contributed by atoms with Crippen LogP contribution in [0, 0.1) is 34.9 Å². The van der Waals surface area contributed by atoms with E-state index in [0.717, 1.165) is 18.2 Å². The van der Waals surface area contributed by atoms with E-state index in [-0.39, 0.29) is 28.8 Å². The lowest BCUT2D eigenvalue weighted by atomic mass is 9.97. The minimum atomic E-state index is -4.52. The number of allylic oxidation sites excluding steroid dienone is 2. The molecule has 0 atom stereocenters. The Labute approximate surface area is 220 Å². The van der Waals surface area contributed by atoms with Gasteiger partial charge in [0.15, 0.2) is 29.1 Å². The molecule has 0 bridgehead atoms. The van der Waals surface area contributed by atoms with Crippen molar-refractivity contribution in [3.05, 3.63) is 131 Å². The molecule has 0 heterocycles. The molecular formula is C29H14F10O. The van der Waals surface area contributed by atoms with Gasteiger partial charge in [0.25, 0.3) is 0 Å². The van der Waals surface area contributed by atoms with Gasteiger partial charge in [-0.3, -0.25) is 0 Å². The van der Waals surface area contributed by atoms with Gasteiger partial charge in [0.2, 0.25) is 0 Å². The molecular weight excluding hydrogens is 554 g/mol. The third-order valence-electron chi connectivity index (χ3n) is 5.68. The maximum atomic E-state index is 14.9. The van der Waals surface area contributed by atoms with Crippen LogP contribution in [0.15, 0.2) is 85.2 Å². The summed E-state index contributed by atoms with van der Waals surface area (Å²) in [5.74, 6) is -13.2. The molecule has 0 aliphatic rings. The van der Waals surface area contributed by atoms with Crippen LogP contribution in [0.25, 0.3) is 28.1 Å². The topological polar surface area (TPSA) is 9.23 Å². The zero-order valence-corrected chi connectivity index (χ0v) is 19.8. The van der Waals surface area contributed by atoms with Crippen LogP contribution in [0.2, 0.25) is 0 Å². The molecule has 0 radical (unpaired) electrons. The first-order valence-electron chi connectivity index (χ1n) is 11.1. The number of ether oxygens (including phenoxy) is 1. The zero-order valence-electron chi connectivity index (χ0n) is 19.8. The van der Waals surface area contributed by atoms with Gasteiger partial charge < -0.3 is 4.74 Å². The monoisotopic (exact) mass is 568 g/mol. The first-order chi connectivity index (χ1) is 18.8. The summed E-state index contributed by atoms with van der Waals surface area (Å²) in [7, 11) is 0. The molecule has 206 valence electrons. The van der Waals surface area contributed by atoms with E-state index in [1.807, 2.05) is 0 Å². The van der Waals surface area contributed by atoms with Gasteiger partial charge in [-0.05, 0) is 47.0 Å². The van der Waals surface area contributed by atoms with Crippen LogP contribution in [0.5, 0.6) is 5.75 Å². The summed E-state index contributed by atoms with van der Waals surface area (Å²) in [5.41, 5.74) is -2.63. The highest BCUT2D eigenvalue weighted by atomic mass is 19.3. The first kappa shape index (κ1) is 28.5. The molecule has 0 amide bonds. The normalized spacial score (nSPS) is 12.2. The van der Waals surface area contributed by atoms with Crippen molar-refractivity contribution in [2.24, 2.45) is 0 Å². The smallest absolute Gasteiger partial charge is 0.429 e. The van der Waals surface area contributed by atoms with Gasteiger partial charge >= 0.3 is 6.11 Å². The minimum Gasteiger partial charge on any atom is -0.429 e. The number of rotatable bonds is 7. The summed E-state index contributed by atoms with van der Waals surface area (Å²) in [6.45, 7) is 3.11. The molecule has 0 aromatic heterocycles. The van der Waals surface area contributed by atoms with E-state index in [2.05, 4.69) is 11.3 Å². The van der Waals surface area contributed by atoms with Crippen LogP contribution >= 0.6 is 0 Å². The Bertz CT molecular complexity index is 1600. The lowest BCUT2D eigenvalue weighted by Gasteiger charge is -2.19. The van der Waals surface area contributed by atoms with Gasteiger partial charge in [-0.1, -0.05) is 36.9 Å². The Morgan fingerprint density at radius 1 is 0.650 bits per heavy atom. The van der Waals surface area contributed by atoms with Crippen molar-refractivity contribution in [1.29, 1.82) is 0 Å². The second kappa shape index (κ2) is 10.9. The molecule has 0 saturated heterocycles. The number of hydrogen-bond donors (Lipinski definition) is 0. The summed E-state index contributed by atoms with van der Waals surface area (Å²) in [4.78, 5) is 0. The van der Waals surface area contributed by atoms with Crippen LogP contribution < -0.4 is 4.74 Å². The second-order valence-electron chi connectivity index (χ2n) is 8.27. The Kier molecular flexibility index (Phi) is 7.77. The third-order valence-corrected chi connectivity index (χ3v) is 5.68. The molecule has 4 aromatic carbocycles. The molecule has 11 heteroatoms. The van der Waals surface area contributed by atoms with Crippen molar-refractivity contribution >= 4 is 5.83 Å². The average molecular weight is 568 g/mol. The Morgan fingerprint density at radius 3 is 1.70 bits per heavy atom. The summed E-state index contributed by atoms with van der Waals surface area (Å²) in [5, 5.41) is 0. The third kappa shape index (κ3) is 5.58. The fraction of sp³-hybridized carbons (Fsp3) is 0.0345. The molecule has 1 nitrogen and oxygen atoms in total. The molecule has 40 heavy (non-hydrogen) atoms. The minimum absolute atomic E-state index is 0.0188. The Morgan fingerprint density at radius 2 is 1.18 bits per heavy atom. The van der Waals surface area contributed by atoms with Crippen LogP contribution in [0.4, 0.5) is 43.9 Å². The van der Waals surface area contributed by atoms with Crippen LogP contribution in [-0.4, -0.2) is 0 Å². The molecule has 0 saturated carbocycles. The van der Waals surface area contributed by atoms with Crippen LogP contribution in [-0.2, 0) is 6.11 Å². The predicted molar refractivity (Wildman–Crippen MR) is 127 cm³/mol. The van der Waals surface area contributed by atoms with Crippen molar-refractivity contribution in [3.63, 3.8) is 0 Å². The fourth-order valence-electron chi connectivity index (χ4n) is 3.75. The highest BCUT2D eigenvalue weighted by molar-refractivity contribution is 5.73. The number of alkyl halides is 2. The molecule has 0 spiro atoms. The van der Waals surface area contributed by atoms with Crippen molar-refractivity contribution in [2.45, 2.75) is 6.11 Å². The quantitative estimate of drug-likeness (QED) is 0.123. The van der Waals surface area contributed by atoms with Gasteiger partial charge in [-0.15, -0.1) is 0 Å². The Balaban J connectivity index is 1.63. The fourth-order valence-corrected chi connectivity index (χ4v) is 3.75. The van der Waals surface area contributed by atoms with Crippen molar-refractivity contribution in [3.8, 4) is 28.0 Å². The van der Waals surface area contributed by atoms with Gasteiger partial charge in [0, 0.05) is 17.7 Å². The van der Waals surface area contributed by atoms with Crippen LogP contribution in [0.1, 0.15) is 11.1 Å². The van der Waals surface area contributed by atoms with Crippen molar-refractivity contribution in [2.75, 3.05) is 0 Å². The summed E-state index contributed by atoms with van der Waals surface area (Å²) < 4.78 is 145. The summed E-state index contributed by atoms with van der Waals surface area (Å²) >= 11 is 0. The number of hydrogen-bond acceptors (Lipinski definition) is 1. The highest BCUT2D eigenvalue weighted by Crippen LogP contribution is 2.37. The van der Waals surface area contributed by atoms with Crippen molar-refractivity contribution < 1.29 is 48.6 Å². The van der Waals surface area contributed by atoms with E-state index in [4.69, 9.17) is 0 Å². The van der Waals surface area contributed by atoms with E-state index in [1.54, 1.807) is 0 Å². The van der Waals surface area contributed by atoms with E-state index < -0.39 is 75.1 Å². The first-order valence-corrected chi connectivity index (χ1v) is 11.1. The number of halogens is 10. The van der Waals surface area contributed by atoms with Gasteiger partial charge in [-0.25, -0.2) is 35.1 Å². The van der Waals surface area contributed by atoms with Crippen molar-refractivity contribution in [1.82, 2.24) is 0 Å². The Hall–Kier alpha value is -4.54. The molecule has 4 rings (SSSR count). The highest BCUT2D eigenvalue weighted by Gasteiger charge is 2.38. The van der Waals surface area contributed by atoms with Gasteiger partial charge in [0.1, 0.15) is 23.2 Å². The van der Waals surface area contributed by atoms with Crippen LogP contribution in [0.3, 0.4) is 0 Å². The molecule has 4 aromatic rings. The largest absolute Gasteiger partial charge is 0.429 e. The lowest BCUT2D eigenvalue weighted by molar-refractivity contribution is -0.187. The maximum Gasteiger partial charge on any atom is 0.429 e. The zero-order chi connectivity index (χ0) is 29.4. The van der Waals surface area contributed by atoms with Gasteiger partial charge in [-0.2, -0.15) is 8.78 Å². The maximum absolute atomic E-state index is 14.9. The molecule has 0 unspecified atom stereocenters. The SMILES string of the molecule is C=C/C(F)=C(\F)c1ccc(-c2cc(F)c(-c3ccc(C(F)(F)Oc4cc(F)c(F)c(F)c4)c(F)c3)c(F)c2)cc1.